The predicted molar refractivity (Wildman–Crippen MR) is 92.9 cm³/mol. The molecular formula is C18H14N2O2S. The normalized spacial score (nSPS) is 11.2. The van der Waals surface area contributed by atoms with Crippen molar-refractivity contribution in [1.29, 1.82) is 0 Å². The molecule has 0 aliphatic heterocycles. The quantitative estimate of drug-likeness (QED) is 0.603. The Morgan fingerprint density at radius 3 is 2.96 bits per heavy atom. The minimum Gasteiger partial charge on any atom is -0.464 e. The number of carbonyl (C=O) groups excluding carboxylic acids is 1. The monoisotopic (exact) mass is 322 g/mol. The van der Waals surface area contributed by atoms with E-state index in [-0.39, 0.29) is 12.3 Å². The molecule has 0 aliphatic carbocycles. The molecule has 0 bridgehead atoms. The number of hydrogen-bond acceptors (Lipinski definition) is 4. The molecular weight excluding hydrogens is 308 g/mol. The summed E-state index contributed by atoms with van der Waals surface area (Å²) >= 11 is 1.47. The molecule has 2 aromatic heterocycles. The first-order chi connectivity index (χ1) is 11.2. The standard InChI is InChI=1S/C18H14N2O2S/c1-11-9-19-18(23-11)20-16(21)8-13-10-22-15-7-6-12-4-2-3-5-14(12)17(13)15/h2-7,9-10H,8H2,1H3,(H,19,20,21). The highest BCUT2D eigenvalue weighted by molar-refractivity contribution is 7.15. The second-order valence-electron chi connectivity index (χ2n) is 5.42. The summed E-state index contributed by atoms with van der Waals surface area (Å²) in [5.41, 5.74) is 1.69. The van der Waals surface area contributed by atoms with Gasteiger partial charge in [0.1, 0.15) is 5.58 Å². The lowest BCUT2D eigenvalue weighted by atomic mass is 10.0. The Morgan fingerprint density at radius 2 is 2.13 bits per heavy atom. The molecule has 4 nitrogen and oxygen atoms in total. The molecule has 4 aromatic rings. The molecule has 0 saturated carbocycles. The van der Waals surface area contributed by atoms with Gasteiger partial charge >= 0.3 is 0 Å². The number of rotatable bonds is 3. The van der Waals surface area contributed by atoms with Crippen LogP contribution in [-0.2, 0) is 11.2 Å². The molecule has 1 N–H and O–H groups in total. The van der Waals surface area contributed by atoms with Gasteiger partial charge in [-0.15, -0.1) is 11.3 Å². The van der Waals surface area contributed by atoms with Crippen LogP contribution in [0.1, 0.15) is 10.4 Å². The lowest BCUT2D eigenvalue weighted by molar-refractivity contribution is -0.115. The van der Waals surface area contributed by atoms with Crippen LogP contribution >= 0.6 is 11.3 Å². The third kappa shape index (κ3) is 2.59. The van der Waals surface area contributed by atoms with Crippen LogP contribution < -0.4 is 5.32 Å². The van der Waals surface area contributed by atoms with Crippen molar-refractivity contribution in [3.8, 4) is 0 Å². The van der Waals surface area contributed by atoms with Crippen molar-refractivity contribution < 1.29 is 9.21 Å². The highest BCUT2D eigenvalue weighted by Gasteiger charge is 2.14. The summed E-state index contributed by atoms with van der Waals surface area (Å²) in [6.07, 6.45) is 3.68. The topological polar surface area (TPSA) is 55.1 Å². The molecule has 0 spiro atoms. The van der Waals surface area contributed by atoms with Gasteiger partial charge in [0.15, 0.2) is 5.13 Å². The third-order valence-corrected chi connectivity index (χ3v) is 4.59. The number of anilines is 1. The summed E-state index contributed by atoms with van der Waals surface area (Å²) in [7, 11) is 0. The second kappa shape index (κ2) is 5.52. The van der Waals surface area contributed by atoms with Crippen LogP contribution in [0.15, 0.2) is 53.3 Å². The number of hydrogen-bond donors (Lipinski definition) is 1. The van der Waals surface area contributed by atoms with Crippen LogP contribution in [0.5, 0.6) is 0 Å². The van der Waals surface area contributed by atoms with E-state index >= 15 is 0 Å². The van der Waals surface area contributed by atoms with E-state index in [1.54, 1.807) is 12.5 Å². The van der Waals surface area contributed by atoms with Crippen molar-refractivity contribution in [3.05, 3.63) is 59.3 Å². The molecule has 0 fully saturated rings. The van der Waals surface area contributed by atoms with Gasteiger partial charge in [0.2, 0.25) is 5.91 Å². The first-order valence-electron chi connectivity index (χ1n) is 7.31. The number of aryl methyl sites for hydroxylation is 1. The van der Waals surface area contributed by atoms with E-state index in [1.165, 1.54) is 11.3 Å². The van der Waals surface area contributed by atoms with Gasteiger partial charge in [-0.1, -0.05) is 30.3 Å². The summed E-state index contributed by atoms with van der Waals surface area (Å²) in [5, 5.41) is 6.72. The first kappa shape index (κ1) is 14.0. The summed E-state index contributed by atoms with van der Waals surface area (Å²) in [6.45, 7) is 1.96. The van der Waals surface area contributed by atoms with Crippen LogP contribution in [0.3, 0.4) is 0 Å². The van der Waals surface area contributed by atoms with Gasteiger partial charge in [-0.2, -0.15) is 0 Å². The van der Waals surface area contributed by atoms with E-state index in [0.29, 0.717) is 5.13 Å². The minimum absolute atomic E-state index is 0.0880. The maximum Gasteiger partial charge on any atom is 0.230 e. The molecule has 0 saturated heterocycles. The van der Waals surface area contributed by atoms with Crippen molar-refractivity contribution in [3.63, 3.8) is 0 Å². The summed E-state index contributed by atoms with van der Waals surface area (Å²) in [5.74, 6) is -0.0880. The number of carbonyl (C=O) groups is 1. The molecule has 0 radical (unpaired) electrons. The smallest absolute Gasteiger partial charge is 0.230 e. The molecule has 0 atom stereocenters. The van der Waals surface area contributed by atoms with Crippen LogP contribution in [0.2, 0.25) is 0 Å². The average Bonchev–Trinajstić information content (AvgIpc) is 3.14. The fourth-order valence-electron chi connectivity index (χ4n) is 2.75. The van der Waals surface area contributed by atoms with Gasteiger partial charge in [-0.05, 0) is 23.8 Å². The van der Waals surface area contributed by atoms with Crippen molar-refractivity contribution in [2.45, 2.75) is 13.3 Å². The summed E-state index contributed by atoms with van der Waals surface area (Å²) in [4.78, 5) is 17.5. The lowest BCUT2D eigenvalue weighted by Gasteiger charge is -2.03. The van der Waals surface area contributed by atoms with E-state index in [9.17, 15) is 4.79 Å². The Bertz CT molecular complexity index is 1020. The van der Waals surface area contributed by atoms with E-state index in [1.807, 2.05) is 31.2 Å². The van der Waals surface area contributed by atoms with E-state index in [2.05, 4.69) is 22.4 Å². The average molecular weight is 322 g/mol. The fraction of sp³-hybridized carbons (Fsp3) is 0.111. The largest absolute Gasteiger partial charge is 0.464 e. The summed E-state index contributed by atoms with van der Waals surface area (Å²) in [6, 6.07) is 12.1. The number of amides is 1. The zero-order valence-corrected chi connectivity index (χ0v) is 13.3. The highest BCUT2D eigenvalue weighted by Crippen LogP contribution is 2.30. The minimum atomic E-state index is -0.0880. The Balaban J connectivity index is 1.68. The molecule has 114 valence electrons. The van der Waals surface area contributed by atoms with E-state index < -0.39 is 0 Å². The fourth-order valence-corrected chi connectivity index (χ4v) is 3.43. The molecule has 4 rings (SSSR count). The van der Waals surface area contributed by atoms with Crippen LogP contribution in [0, 0.1) is 6.92 Å². The Hall–Kier alpha value is -2.66. The van der Waals surface area contributed by atoms with Crippen molar-refractivity contribution >= 4 is 44.1 Å². The van der Waals surface area contributed by atoms with Gasteiger partial charge in [0.25, 0.3) is 0 Å². The number of furan rings is 1. The molecule has 0 unspecified atom stereocenters. The molecule has 1 amide bonds. The lowest BCUT2D eigenvalue weighted by Crippen LogP contribution is -2.13. The second-order valence-corrected chi connectivity index (χ2v) is 6.66. The van der Waals surface area contributed by atoms with Crippen molar-refractivity contribution in [2.24, 2.45) is 0 Å². The Labute approximate surface area is 136 Å². The van der Waals surface area contributed by atoms with E-state index in [0.717, 1.165) is 32.2 Å². The first-order valence-corrected chi connectivity index (χ1v) is 8.12. The zero-order chi connectivity index (χ0) is 15.8. The van der Waals surface area contributed by atoms with Gasteiger partial charge in [0, 0.05) is 22.0 Å². The maximum atomic E-state index is 12.3. The van der Waals surface area contributed by atoms with Crippen LogP contribution in [0.25, 0.3) is 21.7 Å². The summed E-state index contributed by atoms with van der Waals surface area (Å²) < 4.78 is 5.62. The zero-order valence-electron chi connectivity index (χ0n) is 12.5. The van der Waals surface area contributed by atoms with Gasteiger partial charge in [-0.3, -0.25) is 4.79 Å². The molecule has 5 heteroatoms. The molecule has 2 heterocycles. The van der Waals surface area contributed by atoms with Crippen molar-refractivity contribution in [2.75, 3.05) is 5.32 Å². The van der Waals surface area contributed by atoms with Crippen LogP contribution in [0.4, 0.5) is 5.13 Å². The number of aromatic nitrogens is 1. The Kier molecular flexibility index (Phi) is 3.35. The number of nitrogens with zero attached hydrogens (tertiary/aromatic N) is 1. The van der Waals surface area contributed by atoms with Crippen LogP contribution in [-0.4, -0.2) is 10.9 Å². The van der Waals surface area contributed by atoms with Gasteiger partial charge in [-0.25, -0.2) is 4.98 Å². The number of nitrogens with one attached hydrogen (secondary N) is 1. The third-order valence-electron chi connectivity index (χ3n) is 3.76. The highest BCUT2D eigenvalue weighted by atomic mass is 32.1. The van der Waals surface area contributed by atoms with Gasteiger partial charge < -0.3 is 9.73 Å². The van der Waals surface area contributed by atoms with E-state index in [4.69, 9.17) is 4.42 Å². The molecule has 2 aromatic carbocycles. The predicted octanol–water partition coefficient (Wildman–Crippen LogP) is 4.53. The Morgan fingerprint density at radius 1 is 1.26 bits per heavy atom. The SMILES string of the molecule is Cc1cnc(NC(=O)Cc2coc3ccc4ccccc4c23)s1. The number of thiazole rings is 1. The number of benzene rings is 2. The van der Waals surface area contributed by atoms with Crippen molar-refractivity contribution in [1.82, 2.24) is 4.98 Å². The molecule has 0 aliphatic rings. The number of fused-ring (bicyclic) bond motifs is 3. The maximum absolute atomic E-state index is 12.3. The van der Waals surface area contributed by atoms with Gasteiger partial charge in [0.05, 0.1) is 12.7 Å². The molecule has 23 heavy (non-hydrogen) atoms.